The topological polar surface area (TPSA) is 64.5 Å². The molecule has 4 nitrogen and oxygen atoms in total. The van der Waals surface area contributed by atoms with Gasteiger partial charge in [-0.25, -0.2) is 0 Å². The minimum Gasteiger partial charge on any atom is -0.492 e. The number of hydrogen-bond donors (Lipinski definition) is 2. The molecule has 4 heteroatoms. The molecule has 0 radical (unpaired) electrons. The van der Waals surface area contributed by atoms with Crippen molar-refractivity contribution in [1.29, 1.82) is 0 Å². The normalized spacial score (nSPS) is 10.5. The molecule has 4 N–H and O–H groups in total. The first kappa shape index (κ1) is 10.8. The number of ether oxygens (including phenoxy) is 1. The van der Waals surface area contributed by atoms with Gasteiger partial charge in [0.25, 0.3) is 0 Å². The predicted molar refractivity (Wildman–Crippen MR) is 58.0 cm³/mol. The molecule has 0 bridgehead atoms. The van der Waals surface area contributed by atoms with Crippen LogP contribution in [-0.4, -0.2) is 31.8 Å². The summed E-state index contributed by atoms with van der Waals surface area (Å²) in [6, 6.07) is 7.36. The Morgan fingerprint density at radius 1 is 1.29 bits per heavy atom. The first-order valence-electron chi connectivity index (χ1n) is 4.59. The van der Waals surface area contributed by atoms with Crippen molar-refractivity contribution in [2.45, 2.75) is 0 Å². The van der Waals surface area contributed by atoms with Crippen molar-refractivity contribution in [3.63, 3.8) is 0 Å². The van der Waals surface area contributed by atoms with Crippen LogP contribution in [0.2, 0.25) is 0 Å². The summed E-state index contributed by atoms with van der Waals surface area (Å²) < 4.78 is 5.48. The number of likely N-dealkylation sites (N-methyl/N-ethyl adjacent to an activating group) is 1. The Bertz CT molecular complexity index is 261. The van der Waals surface area contributed by atoms with E-state index in [2.05, 4.69) is 0 Å². The highest BCUT2D eigenvalue weighted by Crippen LogP contribution is 2.12. The average Bonchev–Trinajstić information content (AvgIpc) is 2.21. The molecule has 1 aromatic rings. The maximum absolute atomic E-state index is 5.54. The predicted octanol–water partition coefficient (Wildman–Crippen LogP) is 0.496. The number of nitrogens with zero attached hydrogens (tertiary/aromatic N) is 1. The third-order valence-electron chi connectivity index (χ3n) is 1.93. The van der Waals surface area contributed by atoms with Gasteiger partial charge in [0.1, 0.15) is 12.4 Å². The maximum Gasteiger partial charge on any atom is 0.119 e. The summed E-state index contributed by atoms with van der Waals surface area (Å²) in [4.78, 5) is 1.98. The summed E-state index contributed by atoms with van der Waals surface area (Å²) in [7, 11) is 1.95. The van der Waals surface area contributed by atoms with Crippen LogP contribution >= 0.6 is 0 Å². The molecular weight excluding hydrogens is 178 g/mol. The SMILES string of the molecule is CN(CN)CCOc1ccc(N)cc1. The molecule has 0 amide bonds. The van der Waals surface area contributed by atoms with Gasteiger partial charge in [0.05, 0.1) is 0 Å². The molecule has 1 aromatic carbocycles. The highest BCUT2D eigenvalue weighted by molar-refractivity contribution is 5.41. The van der Waals surface area contributed by atoms with Crippen LogP contribution in [0.15, 0.2) is 24.3 Å². The van der Waals surface area contributed by atoms with Gasteiger partial charge in [-0.15, -0.1) is 0 Å². The van der Waals surface area contributed by atoms with E-state index in [9.17, 15) is 0 Å². The summed E-state index contributed by atoms with van der Waals surface area (Å²) in [5, 5.41) is 0. The zero-order valence-electron chi connectivity index (χ0n) is 8.44. The summed E-state index contributed by atoms with van der Waals surface area (Å²) in [6.45, 7) is 2.00. The molecule has 14 heavy (non-hydrogen) atoms. The summed E-state index contributed by atoms with van der Waals surface area (Å²) in [5.41, 5.74) is 11.7. The minimum atomic E-state index is 0.547. The van der Waals surface area contributed by atoms with Crippen LogP contribution in [0, 0.1) is 0 Å². The Morgan fingerprint density at radius 2 is 1.93 bits per heavy atom. The second kappa shape index (κ2) is 5.47. The van der Waals surface area contributed by atoms with E-state index in [4.69, 9.17) is 16.2 Å². The van der Waals surface area contributed by atoms with Gasteiger partial charge in [-0.05, 0) is 31.3 Å². The molecule has 0 heterocycles. The van der Waals surface area contributed by atoms with Crippen molar-refractivity contribution >= 4 is 5.69 Å². The fourth-order valence-electron chi connectivity index (χ4n) is 0.975. The molecule has 0 aliphatic rings. The Kier molecular flexibility index (Phi) is 4.22. The lowest BCUT2D eigenvalue weighted by molar-refractivity contribution is 0.241. The van der Waals surface area contributed by atoms with E-state index in [0.29, 0.717) is 13.3 Å². The average molecular weight is 195 g/mol. The first-order chi connectivity index (χ1) is 6.72. The van der Waals surface area contributed by atoms with Crippen molar-refractivity contribution in [3.8, 4) is 5.75 Å². The Morgan fingerprint density at radius 3 is 2.50 bits per heavy atom. The van der Waals surface area contributed by atoms with Crippen molar-refractivity contribution in [3.05, 3.63) is 24.3 Å². The molecular formula is C10H17N3O. The quantitative estimate of drug-likeness (QED) is 0.530. The molecule has 78 valence electrons. The lowest BCUT2D eigenvalue weighted by Gasteiger charge is -2.13. The number of nitrogens with two attached hydrogens (primary N) is 2. The van der Waals surface area contributed by atoms with E-state index < -0.39 is 0 Å². The van der Waals surface area contributed by atoms with Gasteiger partial charge < -0.3 is 16.2 Å². The monoisotopic (exact) mass is 195 g/mol. The third-order valence-corrected chi connectivity index (χ3v) is 1.93. The first-order valence-corrected chi connectivity index (χ1v) is 4.59. The molecule has 0 atom stereocenters. The van der Waals surface area contributed by atoms with Crippen LogP contribution in [0.25, 0.3) is 0 Å². The second-order valence-electron chi connectivity index (χ2n) is 3.18. The molecule has 1 rings (SSSR count). The molecule has 0 aromatic heterocycles. The largest absolute Gasteiger partial charge is 0.492 e. The van der Waals surface area contributed by atoms with E-state index in [1.54, 1.807) is 0 Å². The highest BCUT2D eigenvalue weighted by atomic mass is 16.5. The lowest BCUT2D eigenvalue weighted by atomic mass is 10.3. The standard InChI is InChI=1S/C10H17N3O/c1-13(8-11)6-7-14-10-4-2-9(12)3-5-10/h2-5H,6-8,11-12H2,1H3. The number of rotatable bonds is 5. The van der Waals surface area contributed by atoms with E-state index in [-0.39, 0.29) is 0 Å². The number of anilines is 1. The van der Waals surface area contributed by atoms with Crippen LogP contribution in [0.3, 0.4) is 0 Å². The highest BCUT2D eigenvalue weighted by Gasteiger charge is 1.96. The van der Waals surface area contributed by atoms with Crippen LogP contribution in [0.4, 0.5) is 5.69 Å². The van der Waals surface area contributed by atoms with Gasteiger partial charge in [0.2, 0.25) is 0 Å². The molecule has 0 aliphatic heterocycles. The van der Waals surface area contributed by atoms with Crippen LogP contribution < -0.4 is 16.2 Å². The van der Waals surface area contributed by atoms with Gasteiger partial charge in [-0.2, -0.15) is 0 Å². The fourth-order valence-corrected chi connectivity index (χ4v) is 0.975. The van der Waals surface area contributed by atoms with Crippen molar-refractivity contribution in [2.24, 2.45) is 5.73 Å². The van der Waals surface area contributed by atoms with Crippen molar-refractivity contribution in [2.75, 3.05) is 32.6 Å². The molecule has 0 fully saturated rings. The molecule has 0 unspecified atom stereocenters. The van der Waals surface area contributed by atoms with E-state index >= 15 is 0 Å². The summed E-state index contributed by atoms with van der Waals surface area (Å²) in [6.07, 6.45) is 0. The molecule has 0 saturated heterocycles. The van der Waals surface area contributed by atoms with E-state index in [1.807, 2.05) is 36.2 Å². The molecule has 0 aliphatic carbocycles. The molecule has 0 saturated carbocycles. The van der Waals surface area contributed by atoms with Gasteiger partial charge in [-0.1, -0.05) is 0 Å². The smallest absolute Gasteiger partial charge is 0.119 e. The Labute approximate surface area is 84.4 Å². The van der Waals surface area contributed by atoms with Gasteiger partial charge >= 0.3 is 0 Å². The zero-order chi connectivity index (χ0) is 10.4. The van der Waals surface area contributed by atoms with Crippen LogP contribution in [0.5, 0.6) is 5.75 Å². The Hall–Kier alpha value is -1.26. The number of hydrogen-bond acceptors (Lipinski definition) is 4. The summed E-state index contributed by atoms with van der Waals surface area (Å²) >= 11 is 0. The molecule has 0 spiro atoms. The summed E-state index contributed by atoms with van der Waals surface area (Å²) in [5.74, 6) is 0.838. The van der Waals surface area contributed by atoms with E-state index in [0.717, 1.165) is 18.0 Å². The van der Waals surface area contributed by atoms with E-state index in [1.165, 1.54) is 0 Å². The van der Waals surface area contributed by atoms with Crippen LogP contribution in [-0.2, 0) is 0 Å². The van der Waals surface area contributed by atoms with Gasteiger partial charge in [0.15, 0.2) is 0 Å². The van der Waals surface area contributed by atoms with Gasteiger partial charge in [-0.3, -0.25) is 4.90 Å². The fraction of sp³-hybridized carbons (Fsp3) is 0.400. The maximum atomic E-state index is 5.54. The van der Waals surface area contributed by atoms with Crippen molar-refractivity contribution in [1.82, 2.24) is 4.90 Å². The zero-order valence-corrected chi connectivity index (χ0v) is 8.44. The Balaban J connectivity index is 2.28. The number of benzene rings is 1. The number of nitrogen functional groups attached to an aromatic ring is 1. The van der Waals surface area contributed by atoms with Crippen molar-refractivity contribution < 1.29 is 4.74 Å². The minimum absolute atomic E-state index is 0.547. The second-order valence-corrected chi connectivity index (χ2v) is 3.18. The lowest BCUT2D eigenvalue weighted by Crippen LogP contribution is -2.29. The third kappa shape index (κ3) is 3.64. The van der Waals surface area contributed by atoms with Crippen LogP contribution in [0.1, 0.15) is 0 Å². The van der Waals surface area contributed by atoms with Gasteiger partial charge in [0, 0.05) is 18.9 Å².